The Morgan fingerprint density at radius 2 is 2.05 bits per heavy atom. The molecule has 2 aromatic heterocycles. The highest BCUT2D eigenvalue weighted by Gasteiger charge is 2.15. The number of para-hydroxylation sites is 1. The van der Waals surface area contributed by atoms with E-state index in [0.717, 1.165) is 5.52 Å². The van der Waals surface area contributed by atoms with Gasteiger partial charge in [0, 0.05) is 15.8 Å². The van der Waals surface area contributed by atoms with Gasteiger partial charge in [-0.25, -0.2) is 4.98 Å². The minimum absolute atomic E-state index is 0.0754. The molecule has 0 saturated carbocycles. The molecule has 4 nitrogen and oxygen atoms in total. The van der Waals surface area contributed by atoms with Crippen LogP contribution in [0.2, 0.25) is 0 Å². The van der Waals surface area contributed by atoms with E-state index in [1.807, 2.05) is 18.2 Å². The molecule has 1 unspecified atom stereocenters. The zero-order chi connectivity index (χ0) is 15.7. The van der Waals surface area contributed by atoms with E-state index in [1.165, 1.54) is 9.75 Å². The lowest BCUT2D eigenvalue weighted by Gasteiger charge is -2.23. The molecule has 2 heterocycles. The van der Waals surface area contributed by atoms with Gasteiger partial charge in [-0.3, -0.25) is 9.69 Å². The molecular weight excluding hydrogens is 294 g/mol. The summed E-state index contributed by atoms with van der Waals surface area (Å²) in [5.41, 5.74) is 0.669. The molecular formula is C17H19N3OS. The van der Waals surface area contributed by atoms with Crippen molar-refractivity contribution in [3.63, 3.8) is 0 Å². The number of thiophene rings is 1. The lowest BCUT2D eigenvalue weighted by Crippen LogP contribution is -2.24. The highest BCUT2D eigenvalue weighted by Crippen LogP contribution is 2.26. The summed E-state index contributed by atoms with van der Waals surface area (Å²) in [5, 5.41) is 0.635. The number of benzene rings is 1. The Hall–Kier alpha value is -1.98. The normalized spacial score (nSPS) is 12.9. The third kappa shape index (κ3) is 2.96. The van der Waals surface area contributed by atoms with Crippen LogP contribution in [-0.2, 0) is 6.54 Å². The van der Waals surface area contributed by atoms with Gasteiger partial charge in [0.25, 0.3) is 5.56 Å². The highest BCUT2D eigenvalue weighted by molar-refractivity contribution is 7.12. The van der Waals surface area contributed by atoms with Crippen molar-refractivity contribution < 1.29 is 0 Å². The summed E-state index contributed by atoms with van der Waals surface area (Å²) in [6.07, 6.45) is 0. The molecule has 0 bridgehead atoms. The Morgan fingerprint density at radius 1 is 1.27 bits per heavy atom. The van der Waals surface area contributed by atoms with Crippen molar-refractivity contribution in [3.05, 3.63) is 62.3 Å². The summed E-state index contributed by atoms with van der Waals surface area (Å²) in [6.45, 7) is 4.89. The molecule has 0 aliphatic heterocycles. The molecule has 1 N–H and O–H groups in total. The van der Waals surface area contributed by atoms with Gasteiger partial charge in [0.1, 0.15) is 5.82 Å². The van der Waals surface area contributed by atoms with Crippen LogP contribution in [0.4, 0.5) is 0 Å². The van der Waals surface area contributed by atoms with Gasteiger partial charge >= 0.3 is 0 Å². The average molecular weight is 313 g/mol. The number of H-pyrrole nitrogens is 1. The van der Waals surface area contributed by atoms with Crippen molar-refractivity contribution in [2.45, 2.75) is 26.4 Å². The minimum Gasteiger partial charge on any atom is -0.309 e. The number of nitrogens with one attached hydrogen (secondary N) is 1. The fraction of sp³-hybridized carbons (Fsp3) is 0.294. The first-order chi connectivity index (χ1) is 10.5. The second-order valence-electron chi connectivity index (χ2n) is 5.57. The maximum absolute atomic E-state index is 12.1. The molecule has 1 atom stereocenters. The molecule has 0 radical (unpaired) electrons. The van der Waals surface area contributed by atoms with E-state index < -0.39 is 0 Å². The van der Waals surface area contributed by atoms with Crippen LogP contribution in [0.1, 0.15) is 28.5 Å². The Kier molecular flexibility index (Phi) is 4.09. The quantitative estimate of drug-likeness (QED) is 0.802. The number of nitrogens with zero attached hydrogens (tertiary/aromatic N) is 2. The molecule has 114 valence electrons. The monoisotopic (exact) mass is 313 g/mol. The Morgan fingerprint density at radius 3 is 2.77 bits per heavy atom. The SMILES string of the molecule is Cc1ccc(C(C)N(C)Cc2nc3ccccc3c(=O)[nH]2)s1. The van der Waals surface area contributed by atoms with Crippen LogP contribution >= 0.6 is 11.3 Å². The Bertz CT molecular complexity index is 852. The summed E-state index contributed by atoms with van der Waals surface area (Å²) >= 11 is 1.81. The predicted octanol–water partition coefficient (Wildman–Crippen LogP) is 3.49. The maximum atomic E-state index is 12.1. The molecule has 1 aromatic carbocycles. The number of fused-ring (bicyclic) bond motifs is 1. The van der Waals surface area contributed by atoms with Crippen molar-refractivity contribution in [3.8, 4) is 0 Å². The highest BCUT2D eigenvalue weighted by atomic mass is 32.1. The Balaban J connectivity index is 1.84. The molecule has 0 fully saturated rings. The van der Waals surface area contributed by atoms with Crippen molar-refractivity contribution in [2.24, 2.45) is 0 Å². The summed E-state index contributed by atoms with van der Waals surface area (Å²) in [4.78, 5) is 24.4. The second kappa shape index (κ2) is 6.02. The summed E-state index contributed by atoms with van der Waals surface area (Å²) < 4.78 is 0. The topological polar surface area (TPSA) is 49.0 Å². The fourth-order valence-corrected chi connectivity index (χ4v) is 3.47. The van der Waals surface area contributed by atoms with Crippen LogP contribution in [0.25, 0.3) is 10.9 Å². The summed E-state index contributed by atoms with van der Waals surface area (Å²) in [7, 11) is 2.05. The zero-order valence-electron chi connectivity index (χ0n) is 13.0. The Labute approximate surface area is 133 Å². The smallest absolute Gasteiger partial charge is 0.258 e. The van der Waals surface area contributed by atoms with Crippen molar-refractivity contribution in [1.82, 2.24) is 14.9 Å². The third-order valence-electron chi connectivity index (χ3n) is 3.90. The van der Waals surface area contributed by atoms with Gasteiger partial charge in [-0.1, -0.05) is 12.1 Å². The van der Waals surface area contributed by atoms with E-state index in [0.29, 0.717) is 17.8 Å². The van der Waals surface area contributed by atoms with E-state index in [-0.39, 0.29) is 11.6 Å². The fourth-order valence-electron chi connectivity index (χ4n) is 2.48. The van der Waals surface area contributed by atoms with Crippen molar-refractivity contribution >= 4 is 22.2 Å². The number of aromatic amines is 1. The second-order valence-corrected chi connectivity index (χ2v) is 6.89. The summed E-state index contributed by atoms with van der Waals surface area (Å²) in [5.74, 6) is 0.700. The van der Waals surface area contributed by atoms with Crippen LogP contribution in [0, 0.1) is 6.92 Å². The number of rotatable bonds is 4. The van der Waals surface area contributed by atoms with Crippen LogP contribution < -0.4 is 5.56 Å². The standard InChI is InChI=1S/C17H19N3OS/c1-11-8-9-15(22-11)12(2)20(3)10-16-18-14-7-5-4-6-13(14)17(21)19-16/h4-9,12H,10H2,1-3H3,(H,18,19,21). The van der Waals surface area contributed by atoms with Gasteiger partial charge in [-0.05, 0) is 45.2 Å². The molecule has 0 amide bonds. The largest absolute Gasteiger partial charge is 0.309 e. The number of hydrogen-bond donors (Lipinski definition) is 1. The van der Waals surface area contributed by atoms with Gasteiger partial charge in [0.2, 0.25) is 0 Å². The molecule has 0 spiro atoms. The van der Waals surface area contributed by atoms with Crippen LogP contribution in [-0.4, -0.2) is 21.9 Å². The van der Waals surface area contributed by atoms with Gasteiger partial charge in [-0.2, -0.15) is 0 Å². The zero-order valence-corrected chi connectivity index (χ0v) is 13.8. The first kappa shape index (κ1) is 14.9. The van der Waals surface area contributed by atoms with Crippen LogP contribution in [0.3, 0.4) is 0 Å². The molecule has 5 heteroatoms. The lowest BCUT2D eigenvalue weighted by molar-refractivity contribution is 0.250. The van der Waals surface area contributed by atoms with Gasteiger partial charge in [0.05, 0.1) is 17.4 Å². The minimum atomic E-state index is -0.0754. The van der Waals surface area contributed by atoms with E-state index in [2.05, 4.69) is 47.9 Å². The molecule has 0 aliphatic carbocycles. The van der Waals surface area contributed by atoms with Gasteiger partial charge in [-0.15, -0.1) is 11.3 Å². The number of aryl methyl sites for hydroxylation is 1. The van der Waals surface area contributed by atoms with E-state index in [4.69, 9.17) is 0 Å². The molecule has 3 aromatic rings. The van der Waals surface area contributed by atoms with Crippen LogP contribution in [0.5, 0.6) is 0 Å². The van der Waals surface area contributed by atoms with E-state index in [1.54, 1.807) is 17.4 Å². The first-order valence-corrected chi connectivity index (χ1v) is 8.11. The lowest BCUT2D eigenvalue weighted by atomic mass is 10.2. The maximum Gasteiger partial charge on any atom is 0.258 e. The van der Waals surface area contributed by atoms with Crippen molar-refractivity contribution in [2.75, 3.05) is 7.05 Å². The van der Waals surface area contributed by atoms with Crippen LogP contribution in [0.15, 0.2) is 41.2 Å². The van der Waals surface area contributed by atoms with Gasteiger partial charge < -0.3 is 4.98 Å². The van der Waals surface area contributed by atoms with E-state index in [9.17, 15) is 4.79 Å². The molecule has 0 saturated heterocycles. The molecule has 0 aliphatic rings. The molecule has 3 rings (SSSR count). The van der Waals surface area contributed by atoms with Crippen molar-refractivity contribution in [1.29, 1.82) is 0 Å². The van der Waals surface area contributed by atoms with Gasteiger partial charge in [0.15, 0.2) is 0 Å². The average Bonchev–Trinajstić information content (AvgIpc) is 2.93. The number of hydrogen-bond acceptors (Lipinski definition) is 4. The van der Waals surface area contributed by atoms with E-state index >= 15 is 0 Å². The molecule has 22 heavy (non-hydrogen) atoms. The third-order valence-corrected chi connectivity index (χ3v) is 5.07. The number of aromatic nitrogens is 2. The predicted molar refractivity (Wildman–Crippen MR) is 91.3 cm³/mol. The first-order valence-electron chi connectivity index (χ1n) is 7.29. The summed E-state index contributed by atoms with van der Waals surface area (Å²) in [6, 6.07) is 12.0.